The molecule has 0 aromatic carbocycles. The number of ether oxygens (including phenoxy) is 2. The van der Waals surface area contributed by atoms with Gasteiger partial charge in [0, 0.05) is 23.3 Å². The standard InChI is InChI=1S/C17H19NO6/c1-3-14(19)23-10-11(24-15(20)4-2)9-18-16(21)12-7-5-6-8-13(12)17(18)22/h3-5,7,11,21-22H,1-2,6,8-10H2. The number of nitrogens with zero attached hydrogens (tertiary/aromatic N) is 1. The van der Waals surface area contributed by atoms with E-state index in [9.17, 15) is 19.8 Å². The first-order valence-electron chi connectivity index (χ1n) is 7.40. The highest BCUT2D eigenvalue weighted by Gasteiger charge is 2.25. The van der Waals surface area contributed by atoms with Crippen molar-refractivity contribution in [1.29, 1.82) is 0 Å². The lowest BCUT2D eigenvalue weighted by atomic mass is 10.0. The molecule has 24 heavy (non-hydrogen) atoms. The first-order chi connectivity index (χ1) is 11.5. The summed E-state index contributed by atoms with van der Waals surface area (Å²) in [5, 5.41) is 20.6. The van der Waals surface area contributed by atoms with Crippen LogP contribution in [-0.2, 0) is 32.0 Å². The Morgan fingerprint density at radius 1 is 1.25 bits per heavy atom. The molecule has 128 valence electrons. The Morgan fingerprint density at radius 2 is 1.96 bits per heavy atom. The van der Waals surface area contributed by atoms with Crippen molar-refractivity contribution in [2.75, 3.05) is 6.61 Å². The Labute approximate surface area is 139 Å². The summed E-state index contributed by atoms with van der Waals surface area (Å²) in [7, 11) is 0. The quantitative estimate of drug-likeness (QED) is 0.582. The molecule has 0 aliphatic heterocycles. The van der Waals surface area contributed by atoms with Crippen LogP contribution < -0.4 is 0 Å². The minimum Gasteiger partial charge on any atom is -0.494 e. The second-order valence-corrected chi connectivity index (χ2v) is 5.19. The molecule has 2 N–H and O–H groups in total. The van der Waals surface area contributed by atoms with Crippen molar-refractivity contribution in [2.45, 2.75) is 25.5 Å². The average molecular weight is 333 g/mol. The molecule has 0 amide bonds. The zero-order valence-electron chi connectivity index (χ0n) is 13.1. The zero-order chi connectivity index (χ0) is 17.7. The molecule has 0 spiro atoms. The number of rotatable bonds is 7. The van der Waals surface area contributed by atoms with E-state index in [1.165, 1.54) is 4.57 Å². The highest BCUT2D eigenvalue weighted by Crippen LogP contribution is 2.38. The highest BCUT2D eigenvalue weighted by atomic mass is 16.6. The number of fused-ring (bicyclic) bond motifs is 1. The minimum atomic E-state index is -0.908. The van der Waals surface area contributed by atoms with E-state index >= 15 is 0 Å². The number of carbonyl (C=O) groups is 2. The van der Waals surface area contributed by atoms with E-state index < -0.39 is 18.0 Å². The van der Waals surface area contributed by atoms with Crippen LogP contribution in [0.2, 0.25) is 0 Å². The first kappa shape index (κ1) is 17.4. The molecule has 1 aliphatic rings. The topological polar surface area (TPSA) is 98.0 Å². The van der Waals surface area contributed by atoms with Crippen molar-refractivity contribution in [1.82, 2.24) is 4.57 Å². The van der Waals surface area contributed by atoms with Crippen LogP contribution in [0.4, 0.5) is 0 Å². The normalized spacial score (nSPS) is 13.7. The van der Waals surface area contributed by atoms with Gasteiger partial charge in [0.15, 0.2) is 12.0 Å². The SMILES string of the molecule is C=CC(=O)OCC(Cn1c(O)c2c(c1O)CCC=C2)OC(=O)C=C. The maximum absolute atomic E-state index is 11.4. The van der Waals surface area contributed by atoms with E-state index in [2.05, 4.69) is 13.2 Å². The smallest absolute Gasteiger partial charge is 0.330 e. The van der Waals surface area contributed by atoms with Crippen LogP contribution in [0, 0.1) is 0 Å². The van der Waals surface area contributed by atoms with E-state index in [0.29, 0.717) is 17.5 Å². The minimum absolute atomic E-state index is 0.0808. The van der Waals surface area contributed by atoms with Gasteiger partial charge in [-0.3, -0.25) is 4.57 Å². The summed E-state index contributed by atoms with van der Waals surface area (Å²) in [5.74, 6) is -1.60. The molecule has 1 unspecified atom stereocenters. The predicted molar refractivity (Wildman–Crippen MR) is 86.3 cm³/mol. The molecular formula is C17H19NO6. The van der Waals surface area contributed by atoms with Crippen LogP contribution in [0.5, 0.6) is 11.8 Å². The summed E-state index contributed by atoms with van der Waals surface area (Å²) in [4.78, 5) is 22.6. The number of aromatic hydroxyl groups is 2. The van der Waals surface area contributed by atoms with Crippen LogP contribution in [0.25, 0.3) is 6.08 Å². The maximum Gasteiger partial charge on any atom is 0.330 e. The fraction of sp³-hybridized carbons (Fsp3) is 0.294. The van der Waals surface area contributed by atoms with E-state index in [1.807, 2.05) is 6.08 Å². The molecule has 7 nitrogen and oxygen atoms in total. The summed E-state index contributed by atoms with van der Waals surface area (Å²) < 4.78 is 11.2. The number of allylic oxidation sites excluding steroid dienone is 1. The van der Waals surface area contributed by atoms with Gasteiger partial charge >= 0.3 is 11.9 Å². The van der Waals surface area contributed by atoms with E-state index in [4.69, 9.17) is 9.47 Å². The summed E-state index contributed by atoms with van der Waals surface area (Å²) in [5.41, 5.74) is 1.17. The molecule has 0 fully saturated rings. The number of esters is 2. The number of aromatic nitrogens is 1. The Morgan fingerprint density at radius 3 is 2.58 bits per heavy atom. The van der Waals surface area contributed by atoms with E-state index in [-0.39, 0.29) is 24.9 Å². The Balaban J connectivity index is 2.22. The molecular weight excluding hydrogens is 314 g/mol. The molecule has 0 saturated carbocycles. The lowest BCUT2D eigenvalue weighted by molar-refractivity contribution is -0.153. The van der Waals surface area contributed by atoms with Gasteiger partial charge in [-0.05, 0) is 12.8 Å². The van der Waals surface area contributed by atoms with Crippen molar-refractivity contribution >= 4 is 18.0 Å². The number of hydrogen-bond acceptors (Lipinski definition) is 6. The van der Waals surface area contributed by atoms with Crippen LogP contribution >= 0.6 is 0 Å². The Kier molecular flexibility index (Phi) is 5.47. The summed E-state index contributed by atoms with van der Waals surface area (Å²) in [6.07, 6.45) is 6.04. The van der Waals surface area contributed by atoms with Crippen LogP contribution in [0.3, 0.4) is 0 Å². The Hall–Kier alpha value is -2.96. The fourth-order valence-corrected chi connectivity index (χ4v) is 2.46. The van der Waals surface area contributed by atoms with Gasteiger partial charge in [0.25, 0.3) is 0 Å². The van der Waals surface area contributed by atoms with Crippen molar-refractivity contribution in [3.8, 4) is 11.8 Å². The summed E-state index contributed by atoms with van der Waals surface area (Å²) in [6, 6.07) is 0. The largest absolute Gasteiger partial charge is 0.494 e. The van der Waals surface area contributed by atoms with Gasteiger partial charge in [0.1, 0.15) is 6.61 Å². The first-order valence-corrected chi connectivity index (χ1v) is 7.40. The van der Waals surface area contributed by atoms with E-state index in [0.717, 1.165) is 18.6 Å². The second-order valence-electron chi connectivity index (χ2n) is 5.19. The number of carbonyl (C=O) groups excluding carboxylic acids is 2. The van der Waals surface area contributed by atoms with Crippen LogP contribution in [-0.4, -0.2) is 39.4 Å². The predicted octanol–water partition coefficient (Wildman–Crippen LogP) is 1.69. The second kappa shape index (κ2) is 7.54. The van der Waals surface area contributed by atoms with Crippen LogP contribution in [0.1, 0.15) is 17.5 Å². The molecule has 0 saturated heterocycles. The third-order valence-electron chi connectivity index (χ3n) is 3.61. The van der Waals surface area contributed by atoms with E-state index in [1.54, 1.807) is 6.08 Å². The highest BCUT2D eigenvalue weighted by molar-refractivity contribution is 5.82. The third kappa shape index (κ3) is 3.68. The van der Waals surface area contributed by atoms with Gasteiger partial charge in [0.2, 0.25) is 5.88 Å². The zero-order valence-corrected chi connectivity index (χ0v) is 13.1. The molecule has 1 heterocycles. The van der Waals surface area contributed by atoms with Crippen LogP contribution in [0.15, 0.2) is 31.4 Å². The van der Waals surface area contributed by atoms with Gasteiger partial charge in [-0.1, -0.05) is 25.3 Å². The maximum atomic E-state index is 11.4. The molecule has 1 aromatic rings. The van der Waals surface area contributed by atoms with Gasteiger partial charge in [-0.25, -0.2) is 9.59 Å². The molecule has 0 radical (unpaired) electrons. The molecule has 0 bridgehead atoms. The third-order valence-corrected chi connectivity index (χ3v) is 3.61. The number of hydrogen-bond donors (Lipinski definition) is 2. The molecule has 1 atom stereocenters. The summed E-state index contributed by atoms with van der Waals surface area (Å²) in [6.45, 7) is 6.26. The van der Waals surface area contributed by atoms with Gasteiger partial charge in [0.05, 0.1) is 6.54 Å². The molecule has 1 aliphatic carbocycles. The van der Waals surface area contributed by atoms with Gasteiger partial charge in [-0.15, -0.1) is 0 Å². The molecule has 7 heteroatoms. The molecule has 1 aromatic heterocycles. The van der Waals surface area contributed by atoms with Crippen molar-refractivity contribution in [2.24, 2.45) is 0 Å². The van der Waals surface area contributed by atoms with Gasteiger partial charge in [-0.2, -0.15) is 0 Å². The fourth-order valence-electron chi connectivity index (χ4n) is 2.46. The lowest BCUT2D eigenvalue weighted by Gasteiger charge is -2.18. The lowest BCUT2D eigenvalue weighted by Crippen LogP contribution is -2.28. The van der Waals surface area contributed by atoms with Crippen molar-refractivity contribution < 1.29 is 29.3 Å². The van der Waals surface area contributed by atoms with Crippen molar-refractivity contribution in [3.63, 3.8) is 0 Å². The molecule has 2 rings (SSSR count). The van der Waals surface area contributed by atoms with Crippen molar-refractivity contribution in [3.05, 3.63) is 42.5 Å². The van der Waals surface area contributed by atoms with Gasteiger partial charge < -0.3 is 19.7 Å². The average Bonchev–Trinajstić information content (AvgIpc) is 2.84. The monoisotopic (exact) mass is 333 g/mol. The summed E-state index contributed by atoms with van der Waals surface area (Å²) >= 11 is 0. The Bertz CT molecular complexity index is 700.